The number of aliphatic carboxylic acids is 1. The Morgan fingerprint density at radius 3 is 2.31 bits per heavy atom. The minimum absolute atomic E-state index is 0.0721. The van der Waals surface area contributed by atoms with Crippen molar-refractivity contribution in [1.82, 2.24) is 0 Å². The van der Waals surface area contributed by atoms with Gasteiger partial charge in [0.15, 0.2) is 0 Å². The van der Waals surface area contributed by atoms with E-state index in [1.54, 1.807) is 0 Å². The predicted molar refractivity (Wildman–Crippen MR) is 66.0 cm³/mol. The molecule has 88 valence electrons. The first-order chi connectivity index (χ1) is 7.28. The van der Waals surface area contributed by atoms with E-state index in [1.807, 2.05) is 0 Å². The molecule has 5 atom stereocenters. The molecule has 0 radical (unpaired) electrons. The van der Waals surface area contributed by atoms with E-state index in [-0.39, 0.29) is 16.4 Å². The minimum Gasteiger partial charge on any atom is -0.481 e. The van der Waals surface area contributed by atoms with E-state index in [9.17, 15) is 9.90 Å². The average Bonchev–Trinajstić information content (AvgIpc) is 2.47. The van der Waals surface area contributed by atoms with Crippen molar-refractivity contribution >= 4 is 14.0 Å². The average molecular weight is 236 g/mol. The topological polar surface area (TPSA) is 37.3 Å². The van der Waals surface area contributed by atoms with Crippen LogP contribution in [-0.4, -0.2) is 19.1 Å². The molecule has 3 heteroatoms. The summed E-state index contributed by atoms with van der Waals surface area (Å²) >= 11 is 0. The van der Waals surface area contributed by atoms with Gasteiger partial charge in [-0.2, -0.15) is 0 Å². The fourth-order valence-electron chi connectivity index (χ4n) is 5.53. The Balaban J connectivity index is 2.15. The Morgan fingerprint density at radius 1 is 1.31 bits per heavy atom. The molecule has 3 rings (SSSR count). The lowest BCUT2D eigenvalue weighted by Crippen LogP contribution is -2.37. The van der Waals surface area contributed by atoms with Crippen molar-refractivity contribution in [2.24, 2.45) is 23.2 Å². The van der Waals surface area contributed by atoms with Crippen LogP contribution >= 0.6 is 0 Å². The smallest absolute Gasteiger partial charge is 0.307 e. The maximum Gasteiger partial charge on any atom is 0.307 e. The van der Waals surface area contributed by atoms with Crippen molar-refractivity contribution in [3.05, 3.63) is 12.2 Å². The lowest BCUT2D eigenvalue weighted by atomic mass is 9.90. The standard InChI is InChI=1S/C13H20O2Si/c1-12-8-5-6-9(7-8)13(12,16(2,3)4)10(12)11(14)15/h5-6,8-10H,7H2,1-4H3,(H,14,15)/t8-,9-,10+,12+,13+/m0/s1. The molecule has 3 aliphatic carbocycles. The monoisotopic (exact) mass is 236 g/mol. The van der Waals surface area contributed by atoms with Gasteiger partial charge in [0.2, 0.25) is 0 Å². The molecule has 0 aromatic carbocycles. The molecule has 0 heterocycles. The molecular weight excluding hydrogens is 216 g/mol. The van der Waals surface area contributed by atoms with E-state index in [0.717, 1.165) is 0 Å². The number of carboxylic acids is 1. The second kappa shape index (κ2) is 2.47. The SMILES string of the molecule is C[C@@]12[C@@H](C(=O)O)[C@]1([Si](C)(C)C)[C@H]1C=C[C@H]2C1. The highest BCUT2D eigenvalue weighted by atomic mass is 28.3. The second-order valence-electron chi connectivity index (χ2n) is 7.01. The van der Waals surface area contributed by atoms with E-state index in [4.69, 9.17) is 0 Å². The zero-order valence-electron chi connectivity index (χ0n) is 10.4. The Labute approximate surface area is 97.7 Å². The van der Waals surface area contributed by atoms with Crippen LogP contribution in [0.2, 0.25) is 24.7 Å². The normalized spacial score (nSPS) is 52.9. The molecule has 0 aromatic rings. The molecule has 0 amide bonds. The summed E-state index contributed by atoms with van der Waals surface area (Å²) in [6.45, 7) is 9.28. The molecule has 0 aromatic heterocycles. The van der Waals surface area contributed by atoms with Gasteiger partial charge in [0.25, 0.3) is 0 Å². The Kier molecular flexibility index (Phi) is 1.63. The maximum absolute atomic E-state index is 11.5. The number of allylic oxidation sites excluding steroid dienone is 2. The van der Waals surface area contributed by atoms with Gasteiger partial charge >= 0.3 is 5.97 Å². The summed E-state index contributed by atoms with van der Waals surface area (Å²) in [5.74, 6) is 0.453. The molecule has 2 nitrogen and oxygen atoms in total. The molecule has 0 saturated heterocycles. The second-order valence-corrected chi connectivity index (χ2v) is 12.3. The molecule has 1 N–H and O–H groups in total. The van der Waals surface area contributed by atoms with Gasteiger partial charge < -0.3 is 5.11 Å². The highest BCUT2D eigenvalue weighted by Gasteiger charge is 2.88. The van der Waals surface area contributed by atoms with Gasteiger partial charge in [-0.3, -0.25) is 4.79 Å². The van der Waals surface area contributed by atoms with Gasteiger partial charge in [-0.15, -0.1) is 0 Å². The third kappa shape index (κ3) is 0.754. The lowest BCUT2D eigenvalue weighted by Gasteiger charge is -2.35. The van der Waals surface area contributed by atoms with Crippen LogP contribution in [0.3, 0.4) is 0 Å². The molecule has 16 heavy (non-hydrogen) atoms. The first kappa shape index (κ1) is 10.6. The zero-order chi connectivity index (χ0) is 11.9. The van der Waals surface area contributed by atoms with Crippen LogP contribution in [0, 0.1) is 23.2 Å². The van der Waals surface area contributed by atoms with Gasteiger partial charge in [-0.05, 0) is 28.7 Å². The van der Waals surface area contributed by atoms with Crippen molar-refractivity contribution in [2.45, 2.75) is 38.0 Å². The third-order valence-electron chi connectivity index (χ3n) is 5.79. The number of hydrogen-bond donors (Lipinski definition) is 1. The first-order valence-electron chi connectivity index (χ1n) is 6.19. The van der Waals surface area contributed by atoms with E-state index in [1.165, 1.54) is 6.42 Å². The fraction of sp³-hybridized carbons (Fsp3) is 0.769. The van der Waals surface area contributed by atoms with Crippen LogP contribution in [0.4, 0.5) is 0 Å². The summed E-state index contributed by atoms with van der Waals surface area (Å²) in [6.07, 6.45) is 5.81. The summed E-state index contributed by atoms with van der Waals surface area (Å²) in [5.41, 5.74) is 0.0721. The molecule has 0 unspecified atom stereocenters. The van der Waals surface area contributed by atoms with E-state index >= 15 is 0 Å². The summed E-state index contributed by atoms with van der Waals surface area (Å²) in [4.78, 5) is 11.5. The summed E-state index contributed by atoms with van der Waals surface area (Å²) in [5, 5.41) is 9.65. The lowest BCUT2D eigenvalue weighted by molar-refractivity contribution is -0.140. The third-order valence-corrected chi connectivity index (χ3v) is 9.47. The molecular formula is C13H20O2Si. The van der Waals surface area contributed by atoms with Crippen molar-refractivity contribution in [2.75, 3.05) is 0 Å². The summed E-state index contributed by atoms with van der Waals surface area (Å²) in [6, 6.07) is 0. The quantitative estimate of drug-likeness (QED) is 0.591. The van der Waals surface area contributed by atoms with Crippen LogP contribution in [0.25, 0.3) is 0 Å². The van der Waals surface area contributed by atoms with Gasteiger partial charge in [0.1, 0.15) is 0 Å². The van der Waals surface area contributed by atoms with Crippen LogP contribution < -0.4 is 0 Å². The van der Waals surface area contributed by atoms with Crippen molar-refractivity contribution in [3.63, 3.8) is 0 Å². The molecule has 2 bridgehead atoms. The highest BCUT2D eigenvalue weighted by Crippen LogP contribution is 2.91. The molecule has 3 aliphatic rings. The number of carbonyl (C=O) groups is 1. The van der Waals surface area contributed by atoms with Gasteiger partial charge in [-0.25, -0.2) is 0 Å². The van der Waals surface area contributed by atoms with E-state index in [0.29, 0.717) is 11.8 Å². The van der Waals surface area contributed by atoms with E-state index < -0.39 is 14.0 Å². The fourth-order valence-corrected chi connectivity index (χ4v) is 10.0. The van der Waals surface area contributed by atoms with Gasteiger partial charge in [-0.1, -0.05) is 38.7 Å². The maximum atomic E-state index is 11.5. The van der Waals surface area contributed by atoms with Crippen LogP contribution in [0.5, 0.6) is 0 Å². The molecule has 2 saturated carbocycles. The largest absolute Gasteiger partial charge is 0.481 e. The molecule has 2 fully saturated rings. The summed E-state index contributed by atoms with van der Waals surface area (Å²) < 4.78 is 0. The zero-order valence-corrected chi connectivity index (χ0v) is 11.4. The minimum atomic E-state index is -1.46. The number of fused-ring (bicyclic) bond motifs is 5. The number of hydrogen-bond acceptors (Lipinski definition) is 1. The van der Waals surface area contributed by atoms with Crippen molar-refractivity contribution in [3.8, 4) is 0 Å². The molecule has 0 aliphatic heterocycles. The van der Waals surface area contributed by atoms with Crippen molar-refractivity contribution in [1.29, 1.82) is 0 Å². The number of carboxylic acid groups (broad SMARTS) is 1. The summed E-state index contributed by atoms with van der Waals surface area (Å²) in [7, 11) is -1.46. The highest BCUT2D eigenvalue weighted by molar-refractivity contribution is 6.81. The predicted octanol–water partition coefficient (Wildman–Crippen LogP) is 2.99. The van der Waals surface area contributed by atoms with Crippen LogP contribution in [0.1, 0.15) is 13.3 Å². The van der Waals surface area contributed by atoms with Crippen LogP contribution in [-0.2, 0) is 4.79 Å². The van der Waals surface area contributed by atoms with Gasteiger partial charge in [0.05, 0.1) is 14.0 Å². The number of rotatable bonds is 2. The van der Waals surface area contributed by atoms with Crippen molar-refractivity contribution < 1.29 is 9.90 Å². The van der Waals surface area contributed by atoms with E-state index in [2.05, 4.69) is 38.7 Å². The first-order valence-corrected chi connectivity index (χ1v) is 9.69. The van der Waals surface area contributed by atoms with Crippen LogP contribution in [0.15, 0.2) is 12.2 Å². The Bertz CT molecular complexity index is 409. The molecule has 0 spiro atoms. The van der Waals surface area contributed by atoms with Gasteiger partial charge in [0, 0.05) is 0 Å². The Morgan fingerprint density at radius 2 is 1.88 bits per heavy atom. The Hall–Kier alpha value is -0.573.